The van der Waals surface area contributed by atoms with Crippen LogP contribution in [0.1, 0.15) is 12.8 Å². The lowest BCUT2D eigenvalue weighted by Gasteiger charge is -2.20. The monoisotopic (exact) mass is 269 g/mol. The van der Waals surface area contributed by atoms with E-state index in [9.17, 15) is 9.59 Å². The Morgan fingerprint density at radius 1 is 1.56 bits per heavy atom. The molecule has 0 aromatic heterocycles. The number of rotatable bonds is 4. The van der Waals surface area contributed by atoms with E-state index < -0.39 is 12.1 Å². The highest BCUT2D eigenvalue weighted by molar-refractivity contribution is 6.30. The molecular weight excluding hydrogens is 258 g/mol. The molecule has 1 aromatic carbocycles. The van der Waals surface area contributed by atoms with Crippen LogP contribution in [0.5, 0.6) is 0 Å². The fraction of sp³-hybridized carbons (Fsp3) is 0.333. The lowest BCUT2D eigenvalue weighted by Crippen LogP contribution is -2.33. The summed E-state index contributed by atoms with van der Waals surface area (Å²) in [6.07, 6.45) is -0.112. The van der Waals surface area contributed by atoms with Gasteiger partial charge in [-0.05, 0) is 24.6 Å². The maximum absolute atomic E-state index is 11.7. The number of nitrogens with zero attached hydrogens (tertiary/aromatic N) is 1. The van der Waals surface area contributed by atoms with Crippen LogP contribution in [0.4, 0.5) is 10.5 Å². The number of carboxylic acids is 1. The van der Waals surface area contributed by atoms with Crippen LogP contribution in [0, 0.1) is 0 Å². The van der Waals surface area contributed by atoms with E-state index >= 15 is 0 Å². The van der Waals surface area contributed by atoms with Gasteiger partial charge in [-0.1, -0.05) is 17.7 Å². The molecule has 0 aliphatic carbocycles. The molecule has 0 saturated carbocycles. The van der Waals surface area contributed by atoms with E-state index in [1.165, 1.54) is 4.90 Å². The molecule has 1 amide bonds. The van der Waals surface area contributed by atoms with E-state index in [1.54, 1.807) is 24.3 Å². The van der Waals surface area contributed by atoms with E-state index in [0.29, 0.717) is 17.1 Å². The second kappa shape index (κ2) is 5.27. The number of hydrogen-bond acceptors (Lipinski definition) is 3. The number of aliphatic carboxylic acids is 1. The highest BCUT2D eigenvalue weighted by atomic mass is 35.5. The molecule has 5 nitrogen and oxygen atoms in total. The van der Waals surface area contributed by atoms with Gasteiger partial charge in [0, 0.05) is 17.1 Å². The Morgan fingerprint density at radius 2 is 2.33 bits per heavy atom. The molecule has 6 heteroatoms. The van der Waals surface area contributed by atoms with Crippen molar-refractivity contribution in [3.8, 4) is 0 Å². The molecule has 0 radical (unpaired) electrons. The largest absolute Gasteiger partial charge is 0.481 e. The molecule has 1 saturated heterocycles. The van der Waals surface area contributed by atoms with Crippen molar-refractivity contribution in [2.45, 2.75) is 18.9 Å². The van der Waals surface area contributed by atoms with Gasteiger partial charge in [-0.2, -0.15) is 0 Å². The van der Waals surface area contributed by atoms with Gasteiger partial charge in [-0.3, -0.25) is 9.69 Å². The predicted octanol–water partition coefficient (Wildman–Crippen LogP) is 2.53. The van der Waals surface area contributed by atoms with E-state index in [0.717, 1.165) is 0 Å². The van der Waals surface area contributed by atoms with E-state index in [4.69, 9.17) is 21.4 Å². The van der Waals surface area contributed by atoms with Crippen molar-refractivity contribution in [2.75, 3.05) is 11.5 Å². The quantitative estimate of drug-likeness (QED) is 0.912. The zero-order valence-corrected chi connectivity index (χ0v) is 10.3. The highest BCUT2D eigenvalue weighted by Gasteiger charge is 2.34. The molecule has 96 valence electrons. The van der Waals surface area contributed by atoms with Gasteiger partial charge in [-0.25, -0.2) is 4.79 Å². The number of cyclic esters (lactones) is 1. The Labute approximate surface area is 109 Å². The van der Waals surface area contributed by atoms with Crippen molar-refractivity contribution in [2.24, 2.45) is 0 Å². The third-order valence-corrected chi connectivity index (χ3v) is 2.97. The van der Waals surface area contributed by atoms with Crippen LogP contribution in [0.2, 0.25) is 5.02 Å². The van der Waals surface area contributed by atoms with Gasteiger partial charge in [0.1, 0.15) is 6.61 Å². The van der Waals surface area contributed by atoms with Gasteiger partial charge in [0.15, 0.2) is 0 Å². The first-order valence-electron chi connectivity index (χ1n) is 5.51. The number of carbonyl (C=O) groups is 2. The molecule has 1 aliphatic heterocycles. The van der Waals surface area contributed by atoms with Crippen molar-refractivity contribution in [1.29, 1.82) is 0 Å². The van der Waals surface area contributed by atoms with Crippen LogP contribution >= 0.6 is 11.6 Å². The smallest absolute Gasteiger partial charge is 0.414 e. The minimum absolute atomic E-state index is 0.00161. The number of benzene rings is 1. The Kier molecular flexibility index (Phi) is 3.72. The standard InChI is InChI=1S/C12H12ClNO4/c13-8-2-1-3-9(6-8)14-10(4-5-11(15)16)7-18-12(14)17/h1-3,6,10H,4-5,7H2,(H,15,16). The second-order valence-electron chi connectivity index (χ2n) is 4.01. The van der Waals surface area contributed by atoms with Crippen molar-refractivity contribution in [1.82, 2.24) is 0 Å². The lowest BCUT2D eigenvalue weighted by molar-refractivity contribution is -0.137. The SMILES string of the molecule is O=C(O)CCC1COC(=O)N1c1cccc(Cl)c1. The highest BCUT2D eigenvalue weighted by Crippen LogP contribution is 2.27. The fourth-order valence-electron chi connectivity index (χ4n) is 1.91. The Bertz CT molecular complexity index is 477. The Morgan fingerprint density at radius 3 is 3.00 bits per heavy atom. The summed E-state index contributed by atoms with van der Waals surface area (Å²) in [4.78, 5) is 23.7. The fourth-order valence-corrected chi connectivity index (χ4v) is 2.09. The third-order valence-electron chi connectivity index (χ3n) is 2.74. The van der Waals surface area contributed by atoms with Gasteiger partial charge < -0.3 is 9.84 Å². The molecule has 1 fully saturated rings. The Hall–Kier alpha value is -1.75. The van der Waals surface area contributed by atoms with Crippen LogP contribution in [-0.4, -0.2) is 29.8 Å². The van der Waals surface area contributed by atoms with Gasteiger partial charge in [0.2, 0.25) is 0 Å². The lowest BCUT2D eigenvalue weighted by atomic mass is 10.1. The summed E-state index contributed by atoms with van der Waals surface area (Å²) in [5.74, 6) is -0.889. The molecule has 0 bridgehead atoms. The number of hydrogen-bond donors (Lipinski definition) is 1. The first-order chi connectivity index (χ1) is 8.58. The molecular formula is C12H12ClNO4. The number of amides is 1. The van der Waals surface area contributed by atoms with Crippen LogP contribution in [-0.2, 0) is 9.53 Å². The van der Waals surface area contributed by atoms with Crippen molar-refractivity contribution in [3.63, 3.8) is 0 Å². The van der Waals surface area contributed by atoms with Gasteiger partial charge in [-0.15, -0.1) is 0 Å². The number of ether oxygens (including phenoxy) is 1. The topological polar surface area (TPSA) is 66.8 Å². The number of carboxylic acid groups (broad SMARTS) is 1. The van der Waals surface area contributed by atoms with Crippen LogP contribution in [0.25, 0.3) is 0 Å². The van der Waals surface area contributed by atoms with Gasteiger partial charge in [0.05, 0.1) is 6.04 Å². The number of carbonyl (C=O) groups excluding carboxylic acids is 1. The summed E-state index contributed by atoms with van der Waals surface area (Å²) in [6.45, 7) is 0.207. The predicted molar refractivity (Wildman–Crippen MR) is 65.9 cm³/mol. The summed E-state index contributed by atoms with van der Waals surface area (Å²) in [6, 6.07) is 6.58. The molecule has 1 aromatic rings. The summed E-state index contributed by atoms with van der Waals surface area (Å²) < 4.78 is 4.96. The third kappa shape index (κ3) is 2.73. The maximum Gasteiger partial charge on any atom is 0.414 e. The molecule has 18 heavy (non-hydrogen) atoms. The molecule has 1 heterocycles. The van der Waals surface area contributed by atoms with E-state index in [2.05, 4.69) is 0 Å². The van der Waals surface area contributed by atoms with Crippen molar-refractivity contribution in [3.05, 3.63) is 29.3 Å². The van der Waals surface area contributed by atoms with E-state index in [1.807, 2.05) is 0 Å². The van der Waals surface area contributed by atoms with Crippen LogP contribution in [0.3, 0.4) is 0 Å². The van der Waals surface area contributed by atoms with Crippen molar-refractivity contribution < 1.29 is 19.4 Å². The normalized spacial score (nSPS) is 18.8. The zero-order chi connectivity index (χ0) is 13.1. The second-order valence-corrected chi connectivity index (χ2v) is 4.45. The zero-order valence-electron chi connectivity index (χ0n) is 9.51. The summed E-state index contributed by atoms with van der Waals surface area (Å²) in [5.41, 5.74) is 0.625. The molecule has 1 aliphatic rings. The molecule has 1 N–H and O–H groups in total. The van der Waals surface area contributed by atoms with Crippen LogP contribution in [0.15, 0.2) is 24.3 Å². The number of halogens is 1. The minimum atomic E-state index is -0.889. The minimum Gasteiger partial charge on any atom is -0.481 e. The summed E-state index contributed by atoms with van der Waals surface area (Å²) in [5, 5.41) is 9.19. The molecule has 2 rings (SSSR count). The number of anilines is 1. The summed E-state index contributed by atoms with van der Waals surface area (Å²) in [7, 11) is 0. The van der Waals surface area contributed by atoms with Gasteiger partial charge in [0.25, 0.3) is 0 Å². The average molecular weight is 270 g/mol. The average Bonchev–Trinajstić information content (AvgIpc) is 2.68. The maximum atomic E-state index is 11.7. The molecule has 1 unspecified atom stereocenters. The molecule has 0 spiro atoms. The van der Waals surface area contributed by atoms with Crippen molar-refractivity contribution >= 4 is 29.4 Å². The first-order valence-corrected chi connectivity index (χ1v) is 5.89. The van der Waals surface area contributed by atoms with Crippen LogP contribution < -0.4 is 4.90 Å². The van der Waals surface area contributed by atoms with E-state index in [-0.39, 0.29) is 19.1 Å². The van der Waals surface area contributed by atoms with Gasteiger partial charge >= 0.3 is 12.1 Å². The Balaban J connectivity index is 2.17. The summed E-state index contributed by atoms with van der Waals surface area (Å²) >= 11 is 5.87. The molecule has 1 atom stereocenters. The first kappa shape index (κ1) is 12.7.